The molecule has 0 amide bonds. The second-order valence-electron chi connectivity index (χ2n) is 9.89. The van der Waals surface area contributed by atoms with Gasteiger partial charge in [0.05, 0.1) is 5.69 Å². The summed E-state index contributed by atoms with van der Waals surface area (Å²) in [6.45, 7) is 8.57. The predicted octanol–water partition coefficient (Wildman–Crippen LogP) is 6.10. The van der Waals surface area contributed by atoms with Gasteiger partial charge in [-0.25, -0.2) is 14.8 Å². The fraction of sp³-hybridized carbons (Fsp3) is 0.560. The summed E-state index contributed by atoms with van der Waals surface area (Å²) in [5.41, 5.74) is 3.98. The third kappa shape index (κ3) is 2.88. The predicted molar refractivity (Wildman–Crippen MR) is 119 cm³/mol. The van der Waals surface area contributed by atoms with E-state index in [0.29, 0.717) is 11.8 Å². The van der Waals surface area contributed by atoms with Crippen LogP contribution in [0.3, 0.4) is 0 Å². The Bertz CT molecular complexity index is 1050. The normalized spacial score (nSPS) is 39.1. The van der Waals surface area contributed by atoms with Crippen molar-refractivity contribution in [2.24, 2.45) is 17.8 Å². The molecule has 1 aromatic carbocycles. The summed E-state index contributed by atoms with van der Waals surface area (Å²) < 4.78 is 13.1. The summed E-state index contributed by atoms with van der Waals surface area (Å²) in [7, 11) is 0. The van der Waals surface area contributed by atoms with E-state index in [1.807, 2.05) is 6.92 Å². The Labute approximate surface area is 187 Å². The van der Waals surface area contributed by atoms with Crippen LogP contribution in [0, 0.1) is 24.7 Å². The quantitative estimate of drug-likeness (QED) is 0.530. The molecule has 6 heteroatoms. The van der Waals surface area contributed by atoms with Gasteiger partial charge in [-0.15, -0.1) is 11.3 Å². The van der Waals surface area contributed by atoms with Gasteiger partial charge >= 0.3 is 0 Å². The number of hydrogen-bond acceptors (Lipinski definition) is 6. The highest BCUT2D eigenvalue weighted by molar-refractivity contribution is 7.11. The molecule has 4 aliphatic heterocycles. The lowest BCUT2D eigenvalue weighted by Gasteiger charge is -2.57. The van der Waals surface area contributed by atoms with Crippen LogP contribution in [-0.2, 0) is 19.2 Å². The van der Waals surface area contributed by atoms with Crippen LogP contribution >= 0.6 is 11.3 Å². The van der Waals surface area contributed by atoms with Gasteiger partial charge < -0.3 is 9.47 Å². The van der Waals surface area contributed by atoms with Crippen molar-refractivity contribution in [1.82, 2.24) is 4.98 Å². The van der Waals surface area contributed by atoms with Gasteiger partial charge in [0.15, 0.2) is 16.4 Å². The zero-order chi connectivity index (χ0) is 21.4. The molecule has 1 spiro atoms. The monoisotopic (exact) mass is 439 g/mol. The molecule has 164 valence electrons. The van der Waals surface area contributed by atoms with Gasteiger partial charge in [0.2, 0.25) is 12.1 Å². The van der Waals surface area contributed by atoms with Crippen molar-refractivity contribution in [2.45, 2.75) is 71.1 Å². The van der Waals surface area contributed by atoms with Crippen molar-refractivity contribution in [3.05, 3.63) is 45.8 Å². The SMILES string of the molecule is CC1=C(c2nc(-c3ccc(C)cc3)cs2)OC2OC3(C)CC[C@H]4[C@H](C)CC[C@@H]1[C@@]24OO3. The van der Waals surface area contributed by atoms with Crippen LogP contribution in [0.15, 0.2) is 35.2 Å². The molecule has 2 unspecified atom stereocenters. The first kappa shape index (κ1) is 19.9. The summed E-state index contributed by atoms with van der Waals surface area (Å²) in [5, 5.41) is 3.02. The largest absolute Gasteiger partial charge is 0.458 e. The molecule has 3 saturated heterocycles. The topological polar surface area (TPSA) is 49.8 Å². The summed E-state index contributed by atoms with van der Waals surface area (Å²) in [4.78, 5) is 17.1. The lowest BCUT2D eigenvalue weighted by Crippen LogP contribution is -2.66. The minimum absolute atomic E-state index is 0.205. The number of benzene rings is 1. The minimum Gasteiger partial charge on any atom is -0.458 e. The van der Waals surface area contributed by atoms with Crippen molar-refractivity contribution < 1.29 is 19.2 Å². The Morgan fingerprint density at radius 2 is 1.87 bits per heavy atom. The van der Waals surface area contributed by atoms with Crippen LogP contribution in [0.2, 0.25) is 0 Å². The van der Waals surface area contributed by atoms with Crippen LogP contribution in [0.5, 0.6) is 0 Å². The molecule has 1 saturated carbocycles. The van der Waals surface area contributed by atoms with E-state index in [1.54, 1.807) is 11.3 Å². The van der Waals surface area contributed by atoms with Gasteiger partial charge in [0.1, 0.15) is 0 Å². The van der Waals surface area contributed by atoms with Crippen molar-refractivity contribution in [3.63, 3.8) is 0 Å². The van der Waals surface area contributed by atoms with E-state index in [-0.39, 0.29) is 5.92 Å². The van der Waals surface area contributed by atoms with Crippen molar-refractivity contribution in [1.29, 1.82) is 0 Å². The average Bonchev–Trinajstić information content (AvgIpc) is 3.13. The summed E-state index contributed by atoms with van der Waals surface area (Å²) in [6.07, 6.45) is 3.61. The van der Waals surface area contributed by atoms with Crippen LogP contribution < -0.4 is 0 Å². The van der Waals surface area contributed by atoms with Crippen LogP contribution in [0.1, 0.15) is 57.0 Å². The molecule has 4 fully saturated rings. The van der Waals surface area contributed by atoms with Crippen LogP contribution in [-0.4, -0.2) is 22.7 Å². The van der Waals surface area contributed by atoms with Gasteiger partial charge in [-0.05, 0) is 51.5 Å². The van der Waals surface area contributed by atoms with Gasteiger partial charge in [0.25, 0.3) is 0 Å². The number of hydrogen-bond donors (Lipinski definition) is 0. The zero-order valence-corrected chi connectivity index (χ0v) is 19.3. The summed E-state index contributed by atoms with van der Waals surface area (Å²) in [6, 6.07) is 8.49. The van der Waals surface area contributed by atoms with Crippen molar-refractivity contribution in [2.75, 3.05) is 0 Å². The first-order valence-corrected chi connectivity index (χ1v) is 12.2. The lowest BCUT2D eigenvalue weighted by atomic mass is 9.59. The number of rotatable bonds is 2. The lowest BCUT2D eigenvalue weighted by molar-refractivity contribution is -0.553. The number of ether oxygens (including phenoxy) is 2. The molecule has 7 rings (SSSR count). The molecule has 0 radical (unpaired) electrons. The second-order valence-corrected chi connectivity index (χ2v) is 10.7. The first-order chi connectivity index (χ1) is 14.9. The van der Waals surface area contributed by atoms with E-state index in [4.69, 9.17) is 24.2 Å². The number of fused-ring (bicyclic) bond motifs is 2. The van der Waals surface area contributed by atoms with Crippen molar-refractivity contribution >= 4 is 17.1 Å². The highest BCUT2D eigenvalue weighted by Gasteiger charge is 2.68. The molecule has 31 heavy (non-hydrogen) atoms. The molecule has 1 aromatic heterocycles. The maximum atomic E-state index is 6.61. The highest BCUT2D eigenvalue weighted by atomic mass is 32.1. The third-order valence-corrected chi connectivity index (χ3v) is 8.71. The number of aryl methyl sites for hydroxylation is 1. The highest BCUT2D eigenvalue weighted by Crippen LogP contribution is 2.61. The Hall–Kier alpha value is -1.73. The first-order valence-electron chi connectivity index (χ1n) is 11.3. The fourth-order valence-corrected chi connectivity index (χ4v) is 6.95. The summed E-state index contributed by atoms with van der Waals surface area (Å²) in [5.74, 6) is 1.21. The Kier molecular flexibility index (Phi) is 4.42. The molecule has 5 heterocycles. The zero-order valence-electron chi connectivity index (χ0n) is 18.5. The van der Waals surface area contributed by atoms with Crippen LogP contribution in [0.25, 0.3) is 17.0 Å². The fourth-order valence-electron chi connectivity index (χ4n) is 6.07. The average molecular weight is 440 g/mol. The standard InChI is InChI=1S/C25H29NO4S/c1-14-5-8-17(9-6-14)20-13-31-22(26-20)21-16(3)19-10-7-15(2)18-11-12-24(4)28-23(27-21)25(18,19)30-29-24/h5-6,8-9,13,15,18-19,23H,7,10-12H2,1-4H3/t15-,18+,19+,23?,24?,25-/m1/s1. The second kappa shape index (κ2) is 6.88. The summed E-state index contributed by atoms with van der Waals surface area (Å²) >= 11 is 1.63. The number of thiazole rings is 1. The molecule has 0 N–H and O–H groups in total. The van der Waals surface area contributed by atoms with Gasteiger partial charge in [0, 0.05) is 29.2 Å². The van der Waals surface area contributed by atoms with E-state index >= 15 is 0 Å². The van der Waals surface area contributed by atoms with Gasteiger partial charge in [-0.2, -0.15) is 0 Å². The van der Waals surface area contributed by atoms with E-state index in [2.05, 4.69) is 50.4 Å². The number of nitrogens with zero attached hydrogens (tertiary/aromatic N) is 1. The van der Waals surface area contributed by atoms with Crippen LogP contribution in [0.4, 0.5) is 0 Å². The maximum absolute atomic E-state index is 6.61. The van der Waals surface area contributed by atoms with E-state index in [0.717, 1.165) is 41.3 Å². The molecule has 6 atom stereocenters. The molecule has 5 aliphatic rings. The molecule has 2 aromatic rings. The molecule has 5 nitrogen and oxygen atoms in total. The molecular formula is C25H29NO4S. The van der Waals surface area contributed by atoms with Crippen molar-refractivity contribution in [3.8, 4) is 11.3 Å². The minimum atomic E-state index is -0.760. The molecular weight excluding hydrogens is 410 g/mol. The molecule has 1 aliphatic carbocycles. The third-order valence-electron chi connectivity index (χ3n) is 7.87. The smallest absolute Gasteiger partial charge is 0.236 e. The Balaban J connectivity index is 1.42. The Morgan fingerprint density at radius 3 is 2.68 bits per heavy atom. The van der Waals surface area contributed by atoms with E-state index in [1.165, 1.54) is 17.6 Å². The number of aromatic nitrogens is 1. The van der Waals surface area contributed by atoms with E-state index in [9.17, 15) is 0 Å². The van der Waals surface area contributed by atoms with Gasteiger partial charge in [-0.1, -0.05) is 36.8 Å². The van der Waals surface area contributed by atoms with E-state index < -0.39 is 17.7 Å². The molecule has 2 bridgehead atoms. The maximum Gasteiger partial charge on any atom is 0.236 e. The van der Waals surface area contributed by atoms with Gasteiger partial charge in [-0.3, -0.25) is 0 Å². The Morgan fingerprint density at radius 1 is 1.06 bits per heavy atom.